The third-order valence-electron chi connectivity index (χ3n) is 3.58. The Morgan fingerprint density at radius 1 is 1.22 bits per heavy atom. The molecule has 0 aromatic carbocycles. The molecule has 0 aliphatic heterocycles. The number of carbonyl (C=O) groups excluding carboxylic acids is 1. The molecule has 0 aliphatic carbocycles. The Kier molecular flexibility index (Phi) is 10.9. The van der Waals surface area contributed by atoms with Crippen molar-refractivity contribution < 1.29 is 14.3 Å². The third-order valence-corrected chi connectivity index (χ3v) is 3.58. The number of esters is 1. The molecular formula is C20H36O3. The molecule has 0 saturated carbocycles. The molecule has 134 valence electrons. The molecule has 23 heavy (non-hydrogen) atoms. The Balaban J connectivity index is 4.05. The van der Waals surface area contributed by atoms with E-state index in [-0.39, 0.29) is 17.7 Å². The fraction of sp³-hybridized carbons (Fsp3) is 0.750. The van der Waals surface area contributed by atoms with E-state index in [0.717, 1.165) is 18.4 Å². The van der Waals surface area contributed by atoms with Gasteiger partial charge in [-0.05, 0) is 65.9 Å². The predicted molar refractivity (Wildman–Crippen MR) is 97.5 cm³/mol. The second-order valence-corrected chi connectivity index (χ2v) is 7.20. The Labute approximate surface area is 143 Å². The van der Waals surface area contributed by atoms with Crippen molar-refractivity contribution >= 4 is 5.97 Å². The summed E-state index contributed by atoms with van der Waals surface area (Å²) >= 11 is 0. The Morgan fingerprint density at radius 2 is 1.87 bits per heavy atom. The maximum atomic E-state index is 11.3. The van der Waals surface area contributed by atoms with Crippen molar-refractivity contribution in [3.05, 3.63) is 23.8 Å². The molecule has 0 aromatic heterocycles. The van der Waals surface area contributed by atoms with Crippen LogP contribution in [0.15, 0.2) is 23.8 Å². The van der Waals surface area contributed by atoms with Gasteiger partial charge < -0.3 is 9.47 Å². The lowest BCUT2D eigenvalue weighted by Gasteiger charge is -2.28. The number of allylic oxidation sites excluding steroid dienone is 3. The van der Waals surface area contributed by atoms with Crippen molar-refractivity contribution in [1.82, 2.24) is 0 Å². The second kappa shape index (κ2) is 11.4. The van der Waals surface area contributed by atoms with Crippen LogP contribution in [0, 0.1) is 5.92 Å². The van der Waals surface area contributed by atoms with E-state index in [4.69, 9.17) is 9.47 Å². The van der Waals surface area contributed by atoms with Crippen LogP contribution in [0.1, 0.15) is 74.1 Å². The molecule has 0 fully saturated rings. The van der Waals surface area contributed by atoms with Crippen molar-refractivity contribution in [3.8, 4) is 0 Å². The van der Waals surface area contributed by atoms with Crippen molar-refractivity contribution in [1.29, 1.82) is 0 Å². The van der Waals surface area contributed by atoms with Gasteiger partial charge >= 0.3 is 5.97 Å². The molecule has 0 radical (unpaired) electrons. The van der Waals surface area contributed by atoms with Gasteiger partial charge in [0.05, 0.1) is 18.3 Å². The molecule has 0 heterocycles. The topological polar surface area (TPSA) is 35.5 Å². The van der Waals surface area contributed by atoms with Gasteiger partial charge in [-0.3, -0.25) is 0 Å². The molecule has 0 N–H and O–H groups in total. The van der Waals surface area contributed by atoms with Crippen LogP contribution in [0.5, 0.6) is 0 Å². The smallest absolute Gasteiger partial charge is 0.330 e. The van der Waals surface area contributed by atoms with Gasteiger partial charge in [0.15, 0.2) is 0 Å². The highest BCUT2D eigenvalue weighted by molar-refractivity contribution is 5.83. The summed E-state index contributed by atoms with van der Waals surface area (Å²) in [7, 11) is 0. The summed E-state index contributed by atoms with van der Waals surface area (Å²) in [6.07, 6.45) is 10.4. The minimum absolute atomic E-state index is 0.0390. The predicted octanol–water partition coefficient (Wildman–Crippen LogP) is 5.45. The summed E-state index contributed by atoms with van der Waals surface area (Å²) in [6, 6.07) is 0. The van der Waals surface area contributed by atoms with Crippen molar-refractivity contribution in [3.63, 3.8) is 0 Å². The van der Waals surface area contributed by atoms with Crippen LogP contribution in [0.4, 0.5) is 0 Å². The average Bonchev–Trinajstić information content (AvgIpc) is 2.36. The first-order valence-electron chi connectivity index (χ1n) is 8.85. The van der Waals surface area contributed by atoms with Gasteiger partial charge in [0.1, 0.15) is 0 Å². The molecule has 0 amide bonds. The van der Waals surface area contributed by atoms with E-state index in [1.807, 2.05) is 19.9 Å². The average molecular weight is 325 g/mol. The highest BCUT2D eigenvalue weighted by atomic mass is 16.5. The third kappa shape index (κ3) is 13.1. The first-order chi connectivity index (χ1) is 10.7. The molecule has 3 nitrogen and oxygen atoms in total. The fourth-order valence-corrected chi connectivity index (χ4v) is 2.60. The van der Waals surface area contributed by atoms with E-state index in [9.17, 15) is 4.79 Å². The summed E-state index contributed by atoms with van der Waals surface area (Å²) in [6.45, 7) is 14.9. The van der Waals surface area contributed by atoms with Crippen LogP contribution in [-0.2, 0) is 14.3 Å². The van der Waals surface area contributed by atoms with Crippen molar-refractivity contribution in [2.75, 3.05) is 6.61 Å². The van der Waals surface area contributed by atoms with Gasteiger partial charge in [-0.2, -0.15) is 0 Å². The molecule has 3 heteroatoms. The Bertz CT molecular complexity index is 392. The maximum Gasteiger partial charge on any atom is 0.330 e. The molecule has 0 aliphatic rings. The quantitative estimate of drug-likeness (QED) is 0.288. The normalized spacial score (nSPS) is 14.5. The van der Waals surface area contributed by atoms with Gasteiger partial charge in [0.2, 0.25) is 0 Å². The highest BCUT2D eigenvalue weighted by Gasteiger charge is 2.19. The van der Waals surface area contributed by atoms with Crippen LogP contribution < -0.4 is 0 Å². The van der Waals surface area contributed by atoms with Gasteiger partial charge in [-0.1, -0.05) is 31.9 Å². The molecule has 0 spiro atoms. The zero-order valence-corrected chi connectivity index (χ0v) is 16.1. The fourth-order valence-electron chi connectivity index (χ4n) is 2.60. The molecule has 0 bridgehead atoms. The molecular weight excluding hydrogens is 288 g/mol. The highest BCUT2D eigenvalue weighted by Crippen LogP contribution is 2.22. The summed E-state index contributed by atoms with van der Waals surface area (Å²) in [4.78, 5) is 11.3. The number of ether oxygens (including phenoxy) is 2. The summed E-state index contributed by atoms with van der Waals surface area (Å²) in [5, 5.41) is 0. The molecule has 0 rings (SSSR count). The lowest BCUT2D eigenvalue weighted by molar-refractivity contribution is -0.137. The SMILES string of the molecule is CCOC(=O)/C=C(C)/C=C/CC(C)CCCC(C)(C)OC(C)C. The standard InChI is InChI=1S/C20H36O3/c1-8-22-19(21)15-18(5)12-9-11-17(4)13-10-14-20(6,7)23-16(2)3/h9,12,15-17H,8,10-11,13-14H2,1-7H3/b12-9+,18-15+. The monoisotopic (exact) mass is 324 g/mol. The molecule has 0 aromatic rings. The van der Waals surface area contributed by atoms with E-state index in [2.05, 4.69) is 40.7 Å². The van der Waals surface area contributed by atoms with Gasteiger partial charge in [0, 0.05) is 6.08 Å². The van der Waals surface area contributed by atoms with E-state index in [0.29, 0.717) is 12.5 Å². The van der Waals surface area contributed by atoms with E-state index >= 15 is 0 Å². The first kappa shape index (κ1) is 21.9. The van der Waals surface area contributed by atoms with E-state index in [1.165, 1.54) is 18.9 Å². The van der Waals surface area contributed by atoms with Gasteiger partial charge in [0.25, 0.3) is 0 Å². The molecule has 0 saturated heterocycles. The Hall–Kier alpha value is -1.09. The minimum Gasteiger partial charge on any atom is -0.463 e. The van der Waals surface area contributed by atoms with E-state index < -0.39 is 0 Å². The number of hydrogen-bond donors (Lipinski definition) is 0. The van der Waals surface area contributed by atoms with Crippen LogP contribution >= 0.6 is 0 Å². The molecule has 1 atom stereocenters. The Morgan fingerprint density at radius 3 is 2.43 bits per heavy atom. The number of rotatable bonds is 11. The van der Waals surface area contributed by atoms with Crippen LogP contribution in [-0.4, -0.2) is 24.3 Å². The lowest BCUT2D eigenvalue weighted by atomic mass is 9.94. The lowest BCUT2D eigenvalue weighted by Crippen LogP contribution is -2.28. The van der Waals surface area contributed by atoms with Gasteiger partial charge in [-0.15, -0.1) is 0 Å². The van der Waals surface area contributed by atoms with Crippen LogP contribution in [0.3, 0.4) is 0 Å². The maximum absolute atomic E-state index is 11.3. The number of hydrogen-bond acceptors (Lipinski definition) is 3. The summed E-state index contributed by atoms with van der Waals surface area (Å²) in [5.74, 6) is 0.367. The molecule has 1 unspecified atom stereocenters. The van der Waals surface area contributed by atoms with Crippen molar-refractivity contribution in [2.24, 2.45) is 5.92 Å². The minimum atomic E-state index is -0.268. The largest absolute Gasteiger partial charge is 0.463 e. The summed E-state index contributed by atoms with van der Waals surface area (Å²) in [5.41, 5.74) is 0.894. The van der Waals surface area contributed by atoms with Gasteiger partial charge in [-0.25, -0.2) is 4.79 Å². The first-order valence-corrected chi connectivity index (χ1v) is 8.85. The number of carbonyl (C=O) groups is 1. The van der Waals surface area contributed by atoms with Crippen molar-refractivity contribution in [2.45, 2.75) is 85.9 Å². The van der Waals surface area contributed by atoms with E-state index in [1.54, 1.807) is 0 Å². The van der Waals surface area contributed by atoms with Crippen LogP contribution in [0.2, 0.25) is 0 Å². The zero-order valence-electron chi connectivity index (χ0n) is 16.1. The second-order valence-electron chi connectivity index (χ2n) is 7.20. The van der Waals surface area contributed by atoms with Crippen LogP contribution in [0.25, 0.3) is 0 Å². The summed E-state index contributed by atoms with van der Waals surface area (Å²) < 4.78 is 10.8. The zero-order chi connectivity index (χ0) is 17.9.